The third-order valence-corrected chi connectivity index (χ3v) is 3.12. The average Bonchev–Trinajstić information content (AvgIpc) is 2.82. The molecule has 0 aliphatic carbocycles. The first-order chi connectivity index (χ1) is 8.65. The fourth-order valence-corrected chi connectivity index (χ4v) is 2.14. The lowest BCUT2D eigenvalue weighted by atomic mass is 10.1. The minimum Gasteiger partial charge on any atom is -0.489 e. The van der Waals surface area contributed by atoms with Crippen LogP contribution >= 0.6 is 0 Å². The van der Waals surface area contributed by atoms with Crippen molar-refractivity contribution >= 4 is 5.91 Å². The fourth-order valence-electron chi connectivity index (χ4n) is 2.14. The highest BCUT2D eigenvalue weighted by atomic mass is 16.5. The van der Waals surface area contributed by atoms with Crippen LogP contribution in [0.2, 0.25) is 0 Å². The van der Waals surface area contributed by atoms with Crippen molar-refractivity contribution in [1.82, 2.24) is 10.6 Å². The topological polar surface area (TPSA) is 50.4 Å². The number of hydrogen-bond donors (Lipinski definition) is 2. The van der Waals surface area contributed by atoms with Crippen LogP contribution in [-0.4, -0.2) is 25.1 Å². The van der Waals surface area contributed by atoms with E-state index in [1.54, 1.807) is 0 Å². The number of benzene rings is 1. The Morgan fingerprint density at radius 2 is 2.17 bits per heavy atom. The van der Waals surface area contributed by atoms with Crippen molar-refractivity contribution < 1.29 is 9.53 Å². The zero-order chi connectivity index (χ0) is 13.0. The Hall–Kier alpha value is -1.55. The zero-order valence-electron chi connectivity index (χ0n) is 10.9. The summed E-state index contributed by atoms with van der Waals surface area (Å²) in [5, 5.41) is 6.13. The van der Waals surface area contributed by atoms with E-state index >= 15 is 0 Å². The van der Waals surface area contributed by atoms with Crippen LogP contribution in [-0.2, 0) is 4.79 Å². The Morgan fingerprint density at radius 1 is 1.44 bits per heavy atom. The van der Waals surface area contributed by atoms with E-state index in [9.17, 15) is 4.79 Å². The van der Waals surface area contributed by atoms with Gasteiger partial charge >= 0.3 is 0 Å². The summed E-state index contributed by atoms with van der Waals surface area (Å²) in [4.78, 5) is 11.0. The molecular weight excluding hydrogens is 228 g/mol. The Kier molecular flexibility index (Phi) is 4.20. The van der Waals surface area contributed by atoms with Crippen molar-refractivity contribution in [2.24, 2.45) is 0 Å². The number of carbonyl (C=O) groups is 1. The molecule has 2 N–H and O–H groups in total. The standard InChI is InChI=1S/C14H20N2O2/c1-10(16-11(2)17)12-3-5-13(6-4-12)18-14-7-8-15-9-14/h3-6,10,14-15H,7-9H2,1-2H3,(H,16,17)/t10-,14+/m0/s1. The van der Waals surface area contributed by atoms with Crippen molar-refractivity contribution in [2.75, 3.05) is 13.1 Å². The van der Waals surface area contributed by atoms with Crippen LogP contribution in [0.4, 0.5) is 0 Å². The van der Waals surface area contributed by atoms with Crippen LogP contribution in [0.25, 0.3) is 0 Å². The second kappa shape index (κ2) is 5.87. The lowest BCUT2D eigenvalue weighted by molar-refractivity contribution is -0.119. The molecule has 98 valence electrons. The first-order valence-corrected chi connectivity index (χ1v) is 6.39. The molecule has 1 fully saturated rings. The van der Waals surface area contributed by atoms with E-state index in [4.69, 9.17) is 4.74 Å². The van der Waals surface area contributed by atoms with Gasteiger partial charge in [-0.2, -0.15) is 0 Å². The molecule has 0 spiro atoms. The summed E-state index contributed by atoms with van der Waals surface area (Å²) in [6.07, 6.45) is 1.34. The van der Waals surface area contributed by atoms with Crippen LogP contribution in [0.5, 0.6) is 5.75 Å². The zero-order valence-corrected chi connectivity index (χ0v) is 10.9. The Balaban J connectivity index is 1.94. The Bertz CT molecular complexity index is 397. The first kappa shape index (κ1) is 12.9. The van der Waals surface area contributed by atoms with Gasteiger partial charge in [0.1, 0.15) is 11.9 Å². The number of hydrogen-bond acceptors (Lipinski definition) is 3. The molecule has 1 heterocycles. The summed E-state index contributed by atoms with van der Waals surface area (Å²) in [6, 6.07) is 7.96. The normalized spacial score (nSPS) is 20.4. The molecule has 18 heavy (non-hydrogen) atoms. The van der Waals surface area contributed by atoms with E-state index in [-0.39, 0.29) is 18.1 Å². The van der Waals surface area contributed by atoms with Crippen LogP contribution in [0.15, 0.2) is 24.3 Å². The number of ether oxygens (including phenoxy) is 1. The lowest BCUT2D eigenvalue weighted by Crippen LogP contribution is -2.23. The molecular formula is C14H20N2O2. The van der Waals surface area contributed by atoms with E-state index in [0.29, 0.717) is 0 Å². The van der Waals surface area contributed by atoms with Crippen molar-refractivity contribution in [2.45, 2.75) is 32.4 Å². The van der Waals surface area contributed by atoms with Gasteiger partial charge in [-0.3, -0.25) is 4.79 Å². The van der Waals surface area contributed by atoms with E-state index in [0.717, 1.165) is 30.8 Å². The summed E-state index contributed by atoms with van der Waals surface area (Å²) in [6.45, 7) is 5.45. The third-order valence-electron chi connectivity index (χ3n) is 3.12. The van der Waals surface area contributed by atoms with Crippen LogP contribution in [0.3, 0.4) is 0 Å². The SMILES string of the molecule is CC(=O)N[C@@H](C)c1ccc(O[C@@H]2CCNC2)cc1. The van der Waals surface area contributed by atoms with E-state index in [2.05, 4.69) is 10.6 Å². The summed E-state index contributed by atoms with van der Waals surface area (Å²) in [5.41, 5.74) is 1.09. The minimum atomic E-state index is -0.0140. The Morgan fingerprint density at radius 3 is 2.72 bits per heavy atom. The molecule has 1 aliphatic rings. The number of nitrogens with one attached hydrogen (secondary N) is 2. The largest absolute Gasteiger partial charge is 0.489 e. The summed E-state index contributed by atoms with van der Waals surface area (Å²) in [7, 11) is 0. The molecule has 4 heteroatoms. The van der Waals surface area contributed by atoms with Gasteiger partial charge in [0, 0.05) is 13.5 Å². The molecule has 2 rings (SSSR count). The maximum atomic E-state index is 11.0. The molecule has 1 amide bonds. The van der Waals surface area contributed by atoms with Gasteiger partial charge in [0.25, 0.3) is 0 Å². The maximum Gasteiger partial charge on any atom is 0.217 e. The molecule has 1 aliphatic heterocycles. The Labute approximate surface area is 108 Å². The molecule has 4 nitrogen and oxygen atoms in total. The molecule has 0 bridgehead atoms. The first-order valence-electron chi connectivity index (χ1n) is 6.39. The van der Waals surface area contributed by atoms with E-state index in [1.807, 2.05) is 31.2 Å². The molecule has 1 aromatic carbocycles. The molecule has 1 aromatic rings. The highest BCUT2D eigenvalue weighted by molar-refractivity contribution is 5.73. The summed E-state index contributed by atoms with van der Waals surface area (Å²) >= 11 is 0. The van der Waals surface area contributed by atoms with Crippen molar-refractivity contribution in [3.63, 3.8) is 0 Å². The maximum absolute atomic E-state index is 11.0. The molecule has 2 atom stereocenters. The van der Waals surface area contributed by atoms with Gasteiger partial charge in [0.2, 0.25) is 5.91 Å². The molecule has 0 saturated carbocycles. The van der Waals surface area contributed by atoms with Gasteiger partial charge in [0.15, 0.2) is 0 Å². The molecule has 0 unspecified atom stereocenters. The summed E-state index contributed by atoms with van der Waals surface area (Å²) < 4.78 is 5.84. The molecule has 1 saturated heterocycles. The van der Waals surface area contributed by atoms with Gasteiger partial charge in [-0.05, 0) is 37.6 Å². The summed E-state index contributed by atoms with van der Waals surface area (Å²) in [5.74, 6) is 0.877. The van der Waals surface area contributed by atoms with Crippen molar-refractivity contribution in [3.05, 3.63) is 29.8 Å². The quantitative estimate of drug-likeness (QED) is 0.851. The van der Waals surface area contributed by atoms with Crippen LogP contribution < -0.4 is 15.4 Å². The lowest BCUT2D eigenvalue weighted by Gasteiger charge is -2.15. The molecule has 0 aromatic heterocycles. The second-order valence-corrected chi connectivity index (χ2v) is 4.72. The van der Waals surface area contributed by atoms with Gasteiger partial charge in [-0.15, -0.1) is 0 Å². The number of rotatable bonds is 4. The predicted molar refractivity (Wildman–Crippen MR) is 70.6 cm³/mol. The average molecular weight is 248 g/mol. The van der Waals surface area contributed by atoms with E-state index < -0.39 is 0 Å². The van der Waals surface area contributed by atoms with Gasteiger partial charge in [-0.1, -0.05) is 12.1 Å². The van der Waals surface area contributed by atoms with Crippen LogP contribution in [0, 0.1) is 0 Å². The van der Waals surface area contributed by atoms with Crippen molar-refractivity contribution in [1.29, 1.82) is 0 Å². The molecule has 0 radical (unpaired) electrons. The minimum absolute atomic E-state index is 0.0140. The highest BCUT2D eigenvalue weighted by Gasteiger charge is 2.15. The van der Waals surface area contributed by atoms with Gasteiger partial charge in [0.05, 0.1) is 6.04 Å². The highest BCUT2D eigenvalue weighted by Crippen LogP contribution is 2.19. The monoisotopic (exact) mass is 248 g/mol. The predicted octanol–water partition coefficient (Wildman–Crippen LogP) is 1.62. The number of amides is 1. The fraction of sp³-hybridized carbons (Fsp3) is 0.500. The smallest absolute Gasteiger partial charge is 0.217 e. The second-order valence-electron chi connectivity index (χ2n) is 4.72. The van der Waals surface area contributed by atoms with Crippen molar-refractivity contribution in [3.8, 4) is 5.75 Å². The van der Waals surface area contributed by atoms with Gasteiger partial charge in [-0.25, -0.2) is 0 Å². The number of carbonyl (C=O) groups excluding carboxylic acids is 1. The van der Waals surface area contributed by atoms with Gasteiger partial charge < -0.3 is 15.4 Å². The van der Waals surface area contributed by atoms with Crippen LogP contribution in [0.1, 0.15) is 31.9 Å². The van der Waals surface area contributed by atoms with E-state index in [1.165, 1.54) is 6.92 Å². The third kappa shape index (κ3) is 3.47.